The quantitative estimate of drug-likeness (QED) is 0.873. The minimum Gasteiger partial charge on any atom is -0.376 e. The van der Waals surface area contributed by atoms with Crippen molar-refractivity contribution in [2.75, 3.05) is 11.6 Å². The van der Waals surface area contributed by atoms with Crippen molar-refractivity contribution in [3.05, 3.63) is 36.2 Å². The molecule has 2 aliphatic heterocycles. The SMILES string of the molecule is CC(C)OC(C)C.CC1=CN2c3ccccc3SC2N1CO.Cl. The van der Waals surface area contributed by atoms with Crippen LogP contribution in [0.1, 0.15) is 34.6 Å². The van der Waals surface area contributed by atoms with Crippen LogP contribution in [-0.4, -0.2) is 34.4 Å². The van der Waals surface area contributed by atoms with Gasteiger partial charge >= 0.3 is 0 Å². The number of hydrogen-bond acceptors (Lipinski definition) is 5. The number of rotatable bonds is 3. The molecule has 23 heavy (non-hydrogen) atoms. The van der Waals surface area contributed by atoms with E-state index in [-0.39, 0.29) is 24.6 Å². The van der Waals surface area contributed by atoms with Crippen LogP contribution in [-0.2, 0) is 4.74 Å². The molecule has 4 nitrogen and oxygen atoms in total. The molecule has 1 aromatic rings. The van der Waals surface area contributed by atoms with Crippen molar-refractivity contribution < 1.29 is 9.84 Å². The Hall–Kier alpha value is -0.880. The first-order valence-corrected chi connectivity index (χ1v) is 8.57. The molecule has 0 spiro atoms. The molecule has 3 rings (SSSR count). The van der Waals surface area contributed by atoms with Gasteiger partial charge in [-0.15, -0.1) is 12.4 Å². The minimum atomic E-state index is 0. The molecule has 1 unspecified atom stereocenters. The number of para-hydroxylation sites is 1. The van der Waals surface area contributed by atoms with Crippen LogP contribution < -0.4 is 4.90 Å². The highest BCUT2D eigenvalue weighted by atomic mass is 35.5. The molecule has 0 saturated heterocycles. The number of fused-ring (bicyclic) bond motifs is 3. The fraction of sp³-hybridized carbons (Fsp3) is 0.529. The zero-order chi connectivity index (χ0) is 16.3. The smallest absolute Gasteiger partial charge is 0.160 e. The Balaban J connectivity index is 0.000000287. The molecule has 0 aliphatic carbocycles. The van der Waals surface area contributed by atoms with Crippen molar-refractivity contribution >= 4 is 29.9 Å². The summed E-state index contributed by atoms with van der Waals surface area (Å²) in [5, 5.41) is 9.31. The summed E-state index contributed by atoms with van der Waals surface area (Å²) in [5.74, 6) is 0. The van der Waals surface area contributed by atoms with Crippen molar-refractivity contribution in [3.63, 3.8) is 0 Å². The number of benzene rings is 1. The largest absolute Gasteiger partial charge is 0.376 e. The van der Waals surface area contributed by atoms with Crippen molar-refractivity contribution in [1.82, 2.24) is 4.90 Å². The fourth-order valence-electron chi connectivity index (χ4n) is 2.58. The van der Waals surface area contributed by atoms with Gasteiger partial charge in [-0.2, -0.15) is 0 Å². The molecule has 1 N–H and O–H groups in total. The van der Waals surface area contributed by atoms with E-state index in [1.807, 2.05) is 51.7 Å². The molecule has 0 amide bonds. The number of aliphatic hydroxyl groups is 1. The molecule has 1 aromatic carbocycles. The number of thioether (sulfide) groups is 1. The second-order valence-corrected chi connectivity index (χ2v) is 7.03. The van der Waals surface area contributed by atoms with Crippen LogP contribution in [0.5, 0.6) is 0 Å². The Kier molecular flexibility index (Phi) is 7.74. The number of ether oxygens (including phenoxy) is 1. The molecule has 0 aromatic heterocycles. The van der Waals surface area contributed by atoms with E-state index in [1.165, 1.54) is 10.6 Å². The van der Waals surface area contributed by atoms with Crippen LogP contribution in [0.15, 0.2) is 41.1 Å². The average molecular weight is 359 g/mol. The van der Waals surface area contributed by atoms with Gasteiger partial charge in [-0.3, -0.25) is 0 Å². The van der Waals surface area contributed by atoms with E-state index in [0.717, 1.165) is 5.70 Å². The lowest BCUT2D eigenvalue weighted by molar-refractivity contribution is 0.0300. The van der Waals surface area contributed by atoms with Crippen LogP contribution in [0, 0.1) is 0 Å². The van der Waals surface area contributed by atoms with Crippen molar-refractivity contribution in [2.24, 2.45) is 0 Å². The lowest BCUT2D eigenvalue weighted by Gasteiger charge is -2.25. The summed E-state index contributed by atoms with van der Waals surface area (Å²) in [6.45, 7) is 10.3. The summed E-state index contributed by atoms with van der Waals surface area (Å²) in [7, 11) is 0. The highest BCUT2D eigenvalue weighted by molar-refractivity contribution is 8.00. The summed E-state index contributed by atoms with van der Waals surface area (Å²) in [6.07, 6.45) is 2.85. The van der Waals surface area contributed by atoms with Crippen molar-refractivity contribution in [2.45, 2.75) is 57.2 Å². The van der Waals surface area contributed by atoms with E-state index in [9.17, 15) is 5.11 Å². The number of halogens is 1. The first-order chi connectivity index (χ1) is 10.4. The molecule has 1 atom stereocenters. The monoisotopic (exact) mass is 358 g/mol. The number of allylic oxidation sites excluding steroid dienone is 1. The second-order valence-electron chi connectivity index (χ2n) is 5.93. The Morgan fingerprint density at radius 2 is 1.78 bits per heavy atom. The molecule has 2 heterocycles. The van der Waals surface area contributed by atoms with E-state index in [4.69, 9.17) is 4.74 Å². The minimum absolute atomic E-state index is 0. The van der Waals surface area contributed by atoms with Crippen LogP contribution in [0.25, 0.3) is 0 Å². The van der Waals surface area contributed by atoms with Crippen molar-refractivity contribution in [3.8, 4) is 0 Å². The van der Waals surface area contributed by atoms with E-state index in [0.29, 0.717) is 12.2 Å². The van der Waals surface area contributed by atoms with Crippen LogP contribution >= 0.6 is 24.2 Å². The summed E-state index contributed by atoms with van der Waals surface area (Å²) < 4.78 is 5.25. The molecule has 6 heteroatoms. The first kappa shape index (κ1) is 20.2. The lowest BCUT2D eigenvalue weighted by atomic mass is 10.3. The Morgan fingerprint density at radius 1 is 1.17 bits per heavy atom. The summed E-state index contributed by atoms with van der Waals surface area (Å²) in [4.78, 5) is 5.49. The maximum Gasteiger partial charge on any atom is 0.160 e. The van der Waals surface area contributed by atoms with Gasteiger partial charge in [-0.1, -0.05) is 23.9 Å². The van der Waals surface area contributed by atoms with Gasteiger partial charge in [0.1, 0.15) is 6.73 Å². The number of hydrogen-bond donors (Lipinski definition) is 1. The number of nitrogens with zero attached hydrogens (tertiary/aromatic N) is 2. The van der Waals surface area contributed by atoms with Gasteiger partial charge in [0, 0.05) is 16.8 Å². The maximum atomic E-state index is 9.31. The topological polar surface area (TPSA) is 35.9 Å². The summed E-state index contributed by atoms with van der Waals surface area (Å²) in [6, 6.07) is 8.34. The molecule has 0 saturated carbocycles. The van der Waals surface area contributed by atoms with Gasteiger partial charge < -0.3 is 19.6 Å². The fourth-order valence-corrected chi connectivity index (χ4v) is 3.91. The van der Waals surface area contributed by atoms with E-state index in [2.05, 4.69) is 23.2 Å². The second kappa shape index (κ2) is 8.83. The predicted molar refractivity (Wildman–Crippen MR) is 99.9 cm³/mol. The standard InChI is InChI=1S/C11H12N2OS.C6H14O.ClH/c1-8-6-12-9-4-2-3-5-10(9)15-11(12)13(8)7-14;1-5(2)7-6(3)4;/h2-6,11,14H,7H2,1H3;5-6H,1-4H3;1H. The van der Waals surface area contributed by atoms with Gasteiger partial charge in [0.2, 0.25) is 0 Å². The predicted octanol–water partition coefficient (Wildman–Crippen LogP) is 4.25. The Labute approximate surface area is 149 Å². The molecule has 0 radical (unpaired) electrons. The van der Waals surface area contributed by atoms with Gasteiger partial charge in [0.05, 0.1) is 17.9 Å². The van der Waals surface area contributed by atoms with Crippen LogP contribution in [0.4, 0.5) is 5.69 Å². The Morgan fingerprint density at radius 3 is 2.30 bits per heavy atom. The van der Waals surface area contributed by atoms with E-state index >= 15 is 0 Å². The number of anilines is 1. The summed E-state index contributed by atoms with van der Waals surface area (Å²) >= 11 is 1.78. The molecule has 0 bridgehead atoms. The van der Waals surface area contributed by atoms with Gasteiger partial charge in [-0.25, -0.2) is 0 Å². The average Bonchev–Trinajstić information content (AvgIpc) is 2.92. The molecule has 130 valence electrons. The highest BCUT2D eigenvalue weighted by Gasteiger charge is 2.37. The lowest BCUT2D eigenvalue weighted by Crippen LogP contribution is -2.34. The zero-order valence-corrected chi connectivity index (χ0v) is 16.0. The van der Waals surface area contributed by atoms with Crippen LogP contribution in [0.2, 0.25) is 0 Å². The zero-order valence-electron chi connectivity index (χ0n) is 14.4. The third-order valence-corrected chi connectivity index (χ3v) is 4.65. The molecular formula is C17H27ClN2O2S. The number of aliphatic hydroxyl groups excluding tert-OH is 1. The van der Waals surface area contributed by atoms with Gasteiger partial charge in [0.15, 0.2) is 5.50 Å². The third kappa shape index (κ3) is 4.80. The van der Waals surface area contributed by atoms with Crippen LogP contribution in [0.3, 0.4) is 0 Å². The van der Waals surface area contributed by atoms with E-state index in [1.54, 1.807) is 11.8 Å². The Bertz CT molecular complexity index is 531. The van der Waals surface area contributed by atoms with Gasteiger partial charge in [0.25, 0.3) is 0 Å². The molecule has 0 fully saturated rings. The summed E-state index contributed by atoms with van der Waals surface area (Å²) in [5.41, 5.74) is 2.56. The third-order valence-electron chi connectivity index (χ3n) is 3.36. The normalized spacial score (nSPS) is 18.3. The molecule has 2 aliphatic rings. The van der Waals surface area contributed by atoms with Crippen molar-refractivity contribution in [1.29, 1.82) is 0 Å². The van der Waals surface area contributed by atoms with Gasteiger partial charge in [-0.05, 0) is 46.8 Å². The highest BCUT2D eigenvalue weighted by Crippen LogP contribution is 2.48. The maximum absolute atomic E-state index is 9.31. The van der Waals surface area contributed by atoms with E-state index < -0.39 is 0 Å². The molecular weight excluding hydrogens is 332 g/mol. The first-order valence-electron chi connectivity index (χ1n) is 7.69.